The zero-order valence-electron chi connectivity index (χ0n) is 21.4. The predicted octanol–water partition coefficient (Wildman–Crippen LogP) is 8.48. The van der Waals surface area contributed by atoms with E-state index in [9.17, 15) is 4.79 Å². The van der Waals surface area contributed by atoms with Gasteiger partial charge in [-0.3, -0.25) is 4.79 Å². The lowest BCUT2D eigenvalue weighted by Crippen LogP contribution is -2.25. The van der Waals surface area contributed by atoms with Crippen LogP contribution in [0.25, 0.3) is 6.08 Å². The quantitative estimate of drug-likeness (QED) is 0.295. The number of hydrogen-bond donors (Lipinski definition) is 1. The first kappa shape index (κ1) is 25.5. The summed E-state index contributed by atoms with van der Waals surface area (Å²) in [5.41, 5.74) is 6.34. The summed E-state index contributed by atoms with van der Waals surface area (Å²) in [5.74, 6) is 1.68. The molecule has 0 saturated carbocycles. The summed E-state index contributed by atoms with van der Waals surface area (Å²) >= 11 is 0. The van der Waals surface area contributed by atoms with Gasteiger partial charge in [-0.2, -0.15) is 0 Å². The molecule has 0 radical (unpaired) electrons. The van der Waals surface area contributed by atoms with Gasteiger partial charge in [-0.1, -0.05) is 70.0 Å². The summed E-state index contributed by atoms with van der Waals surface area (Å²) in [6.45, 7) is 9.02. The van der Waals surface area contributed by atoms with Gasteiger partial charge in [0.15, 0.2) is 0 Å². The number of carboxylic acids is 1. The molecule has 3 aliphatic rings. The molecule has 0 fully saturated rings. The number of aliphatic carboxylic acids is 1. The Bertz CT molecular complexity index is 1160. The molecule has 0 spiro atoms. The summed E-state index contributed by atoms with van der Waals surface area (Å²) < 4.78 is 6.58. The van der Waals surface area contributed by atoms with Gasteiger partial charge in [0.2, 0.25) is 0 Å². The molecule has 0 bridgehead atoms. The Hall–Kier alpha value is -2.64. The number of fused-ring (bicyclic) bond motifs is 2. The summed E-state index contributed by atoms with van der Waals surface area (Å²) in [6.07, 6.45) is 19.7. The first-order valence-corrected chi connectivity index (χ1v) is 14.2. The van der Waals surface area contributed by atoms with E-state index in [1.54, 1.807) is 0 Å². The number of hydrogen-bond acceptors (Lipinski definition) is 2. The van der Waals surface area contributed by atoms with Crippen LogP contribution in [0.1, 0.15) is 82.8 Å². The summed E-state index contributed by atoms with van der Waals surface area (Å²) in [4.78, 5) is 10.8. The molecule has 0 saturated heterocycles. The van der Waals surface area contributed by atoms with Crippen LogP contribution in [0.15, 0.2) is 71.1 Å². The van der Waals surface area contributed by atoms with Gasteiger partial charge >= 0.3 is 5.97 Å². The molecular weight excluding hydrogens is 451 g/mol. The largest absolute Gasteiger partial charge is 0.481 e. The Morgan fingerprint density at radius 3 is 2.57 bits per heavy atom. The highest BCUT2D eigenvalue weighted by Gasteiger charge is 2.35. The Balaban J connectivity index is 1.56. The van der Waals surface area contributed by atoms with Gasteiger partial charge < -0.3 is 9.84 Å². The number of benzene rings is 1. The van der Waals surface area contributed by atoms with Crippen molar-refractivity contribution in [3.05, 3.63) is 82.2 Å². The molecule has 3 nitrogen and oxygen atoms in total. The van der Waals surface area contributed by atoms with Gasteiger partial charge in [0.1, 0.15) is 11.5 Å². The molecule has 1 N–H and O–H groups in total. The smallest absolute Gasteiger partial charge is 0.303 e. The Morgan fingerprint density at radius 1 is 1.11 bits per heavy atom. The van der Waals surface area contributed by atoms with E-state index in [0.717, 1.165) is 55.6 Å². The highest BCUT2D eigenvalue weighted by Crippen LogP contribution is 2.48. The van der Waals surface area contributed by atoms with E-state index in [0.29, 0.717) is 5.92 Å². The molecule has 1 heterocycles. The molecule has 1 aliphatic heterocycles. The zero-order chi connectivity index (χ0) is 25.0. The molecule has 35 heavy (non-hydrogen) atoms. The van der Waals surface area contributed by atoms with Crippen molar-refractivity contribution >= 4 is 25.5 Å². The Labute approximate surface area is 211 Å². The number of ether oxygens (including phenoxy) is 1. The van der Waals surface area contributed by atoms with Crippen molar-refractivity contribution in [3.8, 4) is 5.75 Å². The highest BCUT2D eigenvalue weighted by molar-refractivity contribution is 7.40. The SMILES string of the molecule is CCC(CCCCCC(=O)O)c1ccc2c(c1)OC1=CC(=C3C=CC(=PC)C=C3)CC(C)(C)C1=C2. The van der Waals surface area contributed by atoms with Crippen molar-refractivity contribution in [2.24, 2.45) is 5.41 Å². The first-order valence-electron chi connectivity index (χ1n) is 12.8. The Kier molecular flexibility index (Phi) is 7.97. The minimum Gasteiger partial charge on any atom is -0.481 e. The molecule has 1 aromatic carbocycles. The van der Waals surface area contributed by atoms with E-state index in [-0.39, 0.29) is 11.8 Å². The summed E-state index contributed by atoms with van der Waals surface area (Å²) in [6, 6.07) is 6.69. The van der Waals surface area contributed by atoms with Crippen molar-refractivity contribution in [2.45, 2.75) is 71.6 Å². The van der Waals surface area contributed by atoms with Gasteiger partial charge in [0, 0.05) is 17.6 Å². The first-order chi connectivity index (χ1) is 16.8. The molecule has 1 atom stereocenters. The number of carboxylic acid groups (broad SMARTS) is 1. The topological polar surface area (TPSA) is 46.5 Å². The molecule has 1 unspecified atom stereocenters. The van der Waals surface area contributed by atoms with Crippen LogP contribution in [0.4, 0.5) is 0 Å². The maximum Gasteiger partial charge on any atom is 0.303 e. The second kappa shape index (κ2) is 11.0. The second-order valence-corrected chi connectivity index (χ2v) is 11.4. The van der Waals surface area contributed by atoms with Crippen molar-refractivity contribution in [1.82, 2.24) is 0 Å². The van der Waals surface area contributed by atoms with Crippen LogP contribution in [0.3, 0.4) is 0 Å². The lowest BCUT2D eigenvalue weighted by Gasteiger charge is -2.37. The monoisotopic (exact) mass is 488 g/mol. The minimum absolute atomic E-state index is 0.000633. The van der Waals surface area contributed by atoms with E-state index in [4.69, 9.17) is 9.84 Å². The molecule has 0 amide bonds. The third-order valence-corrected chi connectivity index (χ3v) is 8.21. The maximum absolute atomic E-state index is 10.8. The Morgan fingerprint density at radius 2 is 1.89 bits per heavy atom. The van der Waals surface area contributed by atoms with E-state index < -0.39 is 5.97 Å². The van der Waals surface area contributed by atoms with Gasteiger partial charge in [-0.05, 0) is 83.9 Å². The molecule has 4 rings (SSSR count). The number of unbranched alkanes of at least 4 members (excludes halogenated alkanes) is 2. The van der Waals surface area contributed by atoms with Crippen molar-refractivity contribution in [2.75, 3.05) is 6.66 Å². The van der Waals surface area contributed by atoms with Gasteiger partial charge in [0.25, 0.3) is 0 Å². The third kappa shape index (κ3) is 5.96. The second-order valence-electron chi connectivity index (χ2n) is 10.4. The molecular formula is C31H37O3P. The zero-order valence-corrected chi connectivity index (χ0v) is 22.3. The van der Waals surface area contributed by atoms with Crippen LogP contribution >= 0.6 is 8.20 Å². The van der Waals surface area contributed by atoms with E-state index in [1.807, 2.05) is 0 Å². The number of carbonyl (C=O) groups is 1. The van der Waals surface area contributed by atoms with Crippen molar-refractivity contribution in [1.29, 1.82) is 0 Å². The van der Waals surface area contributed by atoms with Crippen LogP contribution in [0.5, 0.6) is 5.75 Å². The van der Waals surface area contributed by atoms with Gasteiger partial charge in [-0.15, -0.1) is 8.20 Å². The fourth-order valence-corrected chi connectivity index (χ4v) is 5.74. The average molecular weight is 489 g/mol. The average Bonchev–Trinajstić information content (AvgIpc) is 2.84. The van der Waals surface area contributed by atoms with Crippen LogP contribution < -0.4 is 4.74 Å². The van der Waals surface area contributed by atoms with Gasteiger partial charge in [0.05, 0.1) is 0 Å². The number of rotatable bonds is 8. The van der Waals surface area contributed by atoms with E-state index in [1.165, 1.54) is 35.8 Å². The standard InChI is InChI=1S/C31H37O3P/c1-5-21(9-7-6-8-10-30(32)33)23-11-12-24-17-27-29(34-28(24)18-23)19-25(20-31(27,2)3)22-13-15-26(35-4)16-14-22/h11-19,21H,5-10,20H2,1-4H3,(H,32,33). The maximum atomic E-state index is 10.8. The fraction of sp³-hybridized carbons (Fsp3) is 0.419. The molecule has 1 aromatic rings. The summed E-state index contributed by atoms with van der Waals surface area (Å²) in [7, 11) is 1.29. The van der Waals surface area contributed by atoms with Crippen LogP contribution in [-0.4, -0.2) is 23.0 Å². The van der Waals surface area contributed by atoms with Crippen molar-refractivity contribution in [3.63, 3.8) is 0 Å². The van der Waals surface area contributed by atoms with Gasteiger partial charge in [-0.25, -0.2) is 0 Å². The predicted molar refractivity (Wildman–Crippen MR) is 148 cm³/mol. The lowest BCUT2D eigenvalue weighted by molar-refractivity contribution is -0.137. The van der Waals surface area contributed by atoms with Crippen LogP contribution in [-0.2, 0) is 4.79 Å². The van der Waals surface area contributed by atoms with Crippen molar-refractivity contribution < 1.29 is 14.6 Å². The molecule has 0 aromatic heterocycles. The van der Waals surface area contributed by atoms with Crippen LogP contribution in [0, 0.1) is 5.41 Å². The van der Waals surface area contributed by atoms with Crippen LogP contribution in [0.2, 0.25) is 0 Å². The highest BCUT2D eigenvalue weighted by atomic mass is 31.1. The van der Waals surface area contributed by atoms with E-state index >= 15 is 0 Å². The normalized spacial score (nSPS) is 19.0. The number of allylic oxidation sites excluding steroid dienone is 8. The summed E-state index contributed by atoms with van der Waals surface area (Å²) in [5, 5.41) is 10.2. The molecule has 4 heteroatoms. The van der Waals surface area contributed by atoms with E-state index in [2.05, 4.69) is 82.1 Å². The molecule has 2 aliphatic carbocycles. The molecule has 184 valence electrons. The lowest BCUT2D eigenvalue weighted by atomic mass is 9.71. The third-order valence-electron chi connectivity index (χ3n) is 7.39. The fourth-order valence-electron chi connectivity index (χ4n) is 5.29. The minimum atomic E-state index is -0.699.